The summed E-state index contributed by atoms with van der Waals surface area (Å²) in [5, 5.41) is 13.8. The summed E-state index contributed by atoms with van der Waals surface area (Å²) in [7, 11) is 0. The first-order valence-electron chi connectivity index (χ1n) is 6.80. The molecule has 2 rings (SSSR count). The Morgan fingerprint density at radius 2 is 2.17 bits per heavy atom. The van der Waals surface area contributed by atoms with Gasteiger partial charge in [0.2, 0.25) is 0 Å². The summed E-state index contributed by atoms with van der Waals surface area (Å²) in [5.74, 6) is 0. The Morgan fingerprint density at radius 3 is 2.89 bits per heavy atom. The molecule has 1 aromatic rings. The predicted octanol–water partition coefficient (Wildman–Crippen LogP) is 2.15. The lowest BCUT2D eigenvalue weighted by atomic mass is 10.0. The summed E-state index contributed by atoms with van der Waals surface area (Å²) in [6, 6.07) is 8.90. The molecule has 2 N–H and O–H groups in total. The SMILES string of the molecule is CCC(C)(O)CN1CC(C)NCc2ccccc21. The molecule has 3 heteroatoms. The lowest BCUT2D eigenvalue weighted by Crippen LogP contribution is -2.44. The van der Waals surface area contributed by atoms with Gasteiger partial charge in [0.05, 0.1) is 5.60 Å². The first-order valence-corrected chi connectivity index (χ1v) is 6.80. The van der Waals surface area contributed by atoms with Gasteiger partial charge < -0.3 is 15.3 Å². The third-order valence-corrected chi connectivity index (χ3v) is 3.76. The highest BCUT2D eigenvalue weighted by Crippen LogP contribution is 2.25. The van der Waals surface area contributed by atoms with Crippen molar-refractivity contribution in [1.29, 1.82) is 0 Å². The molecule has 0 bridgehead atoms. The Kier molecular flexibility index (Phi) is 3.93. The van der Waals surface area contributed by atoms with Crippen molar-refractivity contribution < 1.29 is 5.11 Å². The summed E-state index contributed by atoms with van der Waals surface area (Å²) < 4.78 is 0. The van der Waals surface area contributed by atoms with Gasteiger partial charge in [0.1, 0.15) is 0 Å². The molecular formula is C15H24N2O. The molecule has 18 heavy (non-hydrogen) atoms. The maximum Gasteiger partial charge on any atom is 0.0791 e. The Morgan fingerprint density at radius 1 is 1.44 bits per heavy atom. The fourth-order valence-corrected chi connectivity index (χ4v) is 2.42. The molecule has 100 valence electrons. The van der Waals surface area contributed by atoms with Crippen LogP contribution in [0.25, 0.3) is 0 Å². The minimum atomic E-state index is -0.628. The van der Waals surface area contributed by atoms with E-state index in [1.165, 1.54) is 11.3 Å². The fraction of sp³-hybridized carbons (Fsp3) is 0.600. The molecule has 1 aliphatic rings. The van der Waals surface area contributed by atoms with Crippen molar-refractivity contribution in [2.75, 3.05) is 18.0 Å². The van der Waals surface area contributed by atoms with Crippen molar-refractivity contribution in [2.24, 2.45) is 0 Å². The molecule has 0 saturated heterocycles. The van der Waals surface area contributed by atoms with Crippen LogP contribution in [0.1, 0.15) is 32.8 Å². The maximum absolute atomic E-state index is 10.3. The van der Waals surface area contributed by atoms with E-state index in [-0.39, 0.29) is 0 Å². The second kappa shape index (κ2) is 5.29. The topological polar surface area (TPSA) is 35.5 Å². The van der Waals surface area contributed by atoms with E-state index in [0.29, 0.717) is 12.6 Å². The van der Waals surface area contributed by atoms with Gasteiger partial charge >= 0.3 is 0 Å². The van der Waals surface area contributed by atoms with E-state index in [9.17, 15) is 5.11 Å². The minimum Gasteiger partial charge on any atom is -0.388 e. The number of benzene rings is 1. The molecule has 0 fully saturated rings. The minimum absolute atomic E-state index is 0.435. The number of nitrogens with one attached hydrogen (secondary N) is 1. The standard InChI is InChI=1S/C15H24N2O/c1-4-15(3,18)11-17-10-12(2)16-9-13-7-5-6-8-14(13)17/h5-8,12,16,18H,4,9-11H2,1-3H3. The molecule has 1 heterocycles. The van der Waals surface area contributed by atoms with Crippen LogP contribution in [-0.4, -0.2) is 29.8 Å². The van der Waals surface area contributed by atoms with Crippen molar-refractivity contribution in [3.8, 4) is 0 Å². The molecule has 0 amide bonds. The second-order valence-corrected chi connectivity index (χ2v) is 5.64. The number of anilines is 1. The summed E-state index contributed by atoms with van der Waals surface area (Å²) in [4.78, 5) is 2.31. The molecule has 0 radical (unpaired) electrons. The molecule has 1 aromatic carbocycles. The number of aliphatic hydroxyl groups is 1. The summed E-state index contributed by atoms with van der Waals surface area (Å²) in [6.07, 6.45) is 0.771. The van der Waals surface area contributed by atoms with Crippen molar-refractivity contribution in [2.45, 2.75) is 45.4 Å². The third kappa shape index (κ3) is 3.03. The van der Waals surface area contributed by atoms with E-state index in [1.54, 1.807) is 0 Å². The van der Waals surface area contributed by atoms with E-state index < -0.39 is 5.60 Å². The van der Waals surface area contributed by atoms with Crippen LogP contribution >= 0.6 is 0 Å². The van der Waals surface area contributed by atoms with Crippen LogP contribution in [0.3, 0.4) is 0 Å². The molecule has 3 nitrogen and oxygen atoms in total. The molecule has 0 saturated carbocycles. The van der Waals surface area contributed by atoms with Crippen molar-refractivity contribution in [3.05, 3.63) is 29.8 Å². The Balaban J connectivity index is 2.27. The highest BCUT2D eigenvalue weighted by atomic mass is 16.3. The number of para-hydroxylation sites is 1. The second-order valence-electron chi connectivity index (χ2n) is 5.64. The molecule has 2 atom stereocenters. The van der Waals surface area contributed by atoms with Gasteiger partial charge in [0.15, 0.2) is 0 Å². The summed E-state index contributed by atoms with van der Waals surface area (Å²) in [5.41, 5.74) is 1.94. The Bertz CT molecular complexity index is 403. The lowest BCUT2D eigenvalue weighted by molar-refractivity contribution is 0.0627. The normalized spacial score (nSPS) is 23.1. The predicted molar refractivity (Wildman–Crippen MR) is 75.9 cm³/mol. The van der Waals surface area contributed by atoms with Gasteiger partial charge in [0, 0.05) is 31.4 Å². The molecule has 0 spiro atoms. The third-order valence-electron chi connectivity index (χ3n) is 3.76. The monoisotopic (exact) mass is 248 g/mol. The van der Waals surface area contributed by atoms with E-state index in [4.69, 9.17) is 0 Å². The zero-order chi connectivity index (χ0) is 13.2. The van der Waals surface area contributed by atoms with Gasteiger partial charge in [-0.2, -0.15) is 0 Å². The van der Waals surface area contributed by atoms with Crippen molar-refractivity contribution in [3.63, 3.8) is 0 Å². The highest BCUT2D eigenvalue weighted by molar-refractivity contribution is 5.54. The molecular weight excluding hydrogens is 224 g/mol. The first-order chi connectivity index (χ1) is 8.52. The van der Waals surface area contributed by atoms with Gasteiger partial charge in [0.25, 0.3) is 0 Å². The zero-order valence-corrected chi connectivity index (χ0v) is 11.6. The number of β-amino-alcohol motifs (C(OH)–C–C–N with tert-alkyl or cyclic N) is 1. The summed E-state index contributed by atoms with van der Waals surface area (Å²) in [6.45, 7) is 8.67. The van der Waals surface area contributed by atoms with E-state index in [1.807, 2.05) is 13.8 Å². The van der Waals surface area contributed by atoms with E-state index in [0.717, 1.165) is 19.5 Å². The molecule has 2 unspecified atom stereocenters. The van der Waals surface area contributed by atoms with Crippen LogP contribution in [-0.2, 0) is 6.54 Å². The van der Waals surface area contributed by atoms with Crippen LogP contribution in [0.4, 0.5) is 5.69 Å². The largest absolute Gasteiger partial charge is 0.388 e. The molecule has 0 aliphatic carbocycles. The van der Waals surface area contributed by atoms with E-state index in [2.05, 4.69) is 41.4 Å². The van der Waals surface area contributed by atoms with Crippen LogP contribution in [0.5, 0.6) is 0 Å². The van der Waals surface area contributed by atoms with Crippen LogP contribution in [0.15, 0.2) is 24.3 Å². The van der Waals surface area contributed by atoms with Crippen molar-refractivity contribution in [1.82, 2.24) is 5.32 Å². The van der Waals surface area contributed by atoms with E-state index >= 15 is 0 Å². The van der Waals surface area contributed by atoms with Crippen LogP contribution < -0.4 is 10.2 Å². The number of rotatable bonds is 3. The van der Waals surface area contributed by atoms with Gasteiger partial charge in [-0.05, 0) is 31.9 Å². The Labute approximate surface area is 110 Å². The first kappa shape index (κ1) is 13.4. The number of hydrogen-bond acceptors (Lipinski definition) is 3. The lowest BCUT2D eigenvalue weighted by Gasteiger charge is -2.33. The maximum atomic E-state index is 10.3. The Hall–Kier alpha value is -1.06. The van der Waals surface area contributed by atoms with Crippen molar-refractivity contribution >= 4 is 5.69 Å². The number of fused-ring (bicyclic) bond motifs is 1. The smallest absolute Gasteiger partial charge is 0.0791 e. The fourth-order valence-electron chi connectivity index (χ4n) is 2.42. The molecule has 0 aromatic heterocycles. The summed E-state index contributed by atoms with van der Waals surface area (Å²) >= 11 is 0. The van der Waals surface area contributed by atoms with Gasteiger partial charge in [-0.25, -0.2) is 0 Å². The van der Waals surface area contributed by atoms with Crippen LogP contribution in [0, 0.1) is 0 Å². The zero-order valence-electron chi connectivity index (χ0n) is 11.6. The number of hydrogen-bond donors (Lipinski definition) is 2. The van der Waals surface area contributed by atoms with Crippen LogP contribution in [0.2, 0.25) is 0 Å². The average Bonchev–Trinajstić information content (AvgIpc) is 2.50. The quantitative estimate of drug-likeness (QED) is 0.860. The highest BCUT2D eigenvalue weighted by Gasteiger charge is 2.26. The molecule has 1 aliphatic heterocycles. The van der Waals surface area contributed by atoms with Gasteiger partial charge in [-0.1, -0.05) is 25.1 Å². The van der Waals surface area contributed by atoms with Gasteiger partial charge in [-0.3, -0.25) is 0 Å². The van der Waals surface area contributed by atoms with Gasteiger partial charge in [-0.15, -0.1) is 0 Å². The average molecular weight is 248 g/mol. The number of nitrogens with zero attached hydrogens (tertiary/aromatic N) is 1.